The molecule has 9 heteroatoms. The molecule has 2 aromatic rings. The number of primary amides is 1. The molecule has 0 aliphatic rings. The summed E-state index contributed by atoms with van der Waals surface area (Å²) in [5.74, 6) is -0.766. The zero-order valence-electron chi connectivity index (χ0n) is 14.6. The summed E-state index contributed by atoms with van der Waals surface area (Å²) in [6.07, 6.45) is 1.45. The van der Waals surface area contributed by atoms with Crippen molar-refractivity contribution in [1.82, 2.24) is 15.1 Å². The average molecular weight is 359 g/mol. The van der Waals surface area contributed by atoms with Crippen LogP contribution in [0.15, 0.2) is 36.5 Å². The van der Waals surface area contributed by atoms with Crippen LogP contribution in [0.5, 0.6) is 0 Å². The van der Waals surface area contributed by atoms with Crippen molar-refractivity contribution in [2.45, 2.75) is 25.9 Å². The van der Waals surface area contributed by atoms with Gasteiger partial charge in [-0.3, -0.25) is 14.3 Å². The molecule has 1 aromatic heterocycles. The van der Waals surface area contributed by atoms with E-state index in [-0.39, 0.29) is 18.9 Å². The summed E-state index contributed by atoms with van der Waals surface area (Å²) in [6, 6.07) is 7.78. The smallest absolute Gasteiger partial charge is 0.327 e. The lowest BCUT2D eigenvalue weighted by molar-refractivity contribution is -0.141. The molecule has 0 saturated heterocycles. The van der Waals surface area contributed by atoms with Crippen molar-refractivity contribution in [3.05, 3.63) is 47.8 Å². The molecule has 0 bridgehead atoms. The molecule has 0 fully saturated rings. The van der Waals surface area contributed by atoms with Gasteiger partial charge >= 0.3 is 12.0 Å². The first kappa shape index (κ1) is 19.0. The monoisotopic (exact) mass is 359 g/mol. The Hall–Kier alpha value is -3.36. The van der Waals surface area contributed by atoms with Crippen molar-refractivity contribution in [1.29, 1.82) is 0 Å². The van der Waals surface area contributed by atoms with Gasteiger partial charge in [0, 0.05) is 0 Å². The Labute approximate surface area is 150 Å². The molecule has 0 aliphatic carbocycles. The van der Waals surface area contributed by atoms with Crippen LogP contribution in [0.2, 0.25) is 0 Å². The summed E-state index contributed by atoms with van der Waals surface area (Å²) < 4.78 is 6.03. The largest absolute Gasteiger partial charge is 0.468 e. The molecule has 138 valence electrons. The fraction of sp³-hybridized carbons (Fsp3) is 0.294. The highest BCUT2D eigenvalue weighted by atomic mass is 16.5. The van der Waals surface area contributed by atoms with Gasteiger partial charge in [-0.1, -0.05) is 30.3 Å². The SMILES string of the molecule is COC(=O)Cn1ncc(NC(=O)CC(NC(N)=O)c2ccccc2)c1C. The minimum absolute atomic E-state index is 0.00538. The van der Waals surface area contributed by atoms with Crippen molar-refractivity contribution in [2.24, 2.45) is 5.73 Å². The van der Waals surface area contributed by atoms with Crippen molar-refractivity contribution >= 4 is 23.6 Å². The van der Waals surface area contributed by atoms with E-state index in [0.29, 0.717) is 11.4 Å². The number of carbonyl (C=O) groups excluding carboxylic acids is 3. The Balaban J connectivity index is 2.06. The number of esters is 1. The number of rotatable bonds is 7. The first-order chi connectivity index (χ1) is 12.4. The third kappa shape index (κ3) is 5.07. The van der Waals surface area contributed by atoms with Gasteiger partial charge in [0.1, 0.15) is 6.54 Å². The van der Waals surface area contributed by atoms with E-state index in [4.69, 9.17) is 5.73 Å². The molecule has 1 unspecified atom stereocenters. The number of anilines is 1. The number of nitrogens with zero attached hydrogens (tertiary/aromatic N) is 2. The van der Waals surface area contributed by atoms with Crippen molar-refractivity contribution in [3.63, 3.8) is 0 Å². The molecule has 3 amide bonds. The molecule has 1 heterocycles. The van der Waals surface area contributed by atoms with E-state index in [9.17, 15) is 14.4 Å². The zero-order valence-corrected chi connectivity index (χ0v) is 14.6. The Morgan fingerprint density at radius 1 is 1.27 bits per heavy atom. The highest BCUT2D eigenvalue weighted by Gasteiger charge is 2.19. The van der Waals surface area contributed by atoms with Crippen LogP contribution in [0.25, 0.3) is 0 Å². The van der Waals surface area contributed by atoms with E-state index in [0.717, 1.165) is 5.56 Å². The second-order valence-electron chi connectivity index (χ2n) is 5.60. The maximum absolute atomic E-state index is 12.4. The Morgan fingerprint density at radius 3 is 2.58 bits per heavy atom. The average Bonchev–Trinajstić information content (AvgIpc) is 2.94. The molecule has 1 atom stereocenters. The second kappa shape index (κ2) is 8.65. The number of urea groups is 1. The molecular weight excluding hydrogens is 338 g/mol. The van der Waals surface area contributed by atoms with Gasteiger partial charge < -0.3 is 21.1 Å². The Kier molecular flexibility index (Phi) is 6.31. The zero-order chi connectivity index (χ0) is 19.1. The highest BCUT2D eigenvalue weighted by molar-refractivity contribution is 5.92. The molecule has 9 nitrogen and oxygen atoms in total. The summed E-state index contributed by atoms with van der Waals surface area (Å²) in [5, 5.41) is 9.35. The number of methoxy groups -OCH3 is 1. The van der Waals surface area contributed by atoms with Gasteiger partial charge in [0.05, 0.1) is 37.2 Å². The fourth-order valence-corrected chi connectivity index (χ4v) is 2.41. The lowest BCUT2D eigenvalue weighted by Gasteiger charge is -2.17. The predicted octanol–water partition coefficient (Wildman–Crippen LogP) is 1.10. The van der Waals surface area contributed by atoms with Crippen LogP contribution in [-0.2, 0) is 20.9 Å². The van der Waals surface area contributed by atoms with Crippen LogP contribution < -0.4 is 16.4 Å². The molecule has 0 aliphatic heterocycles. The number of aromatic nitrogens is 2. The first-order valence-corrected chi connectivity index (χ1v) is 7.90. The normalized spacial score (nSPS) is 11.5. The number of ether oxygens (including phenoxy) is 1. The molecule has 0 spiro atoms. The molecule has 0 radical (unpaired) electrons. The van der Waals surface area contributed by atoms with Crippen LogP contribution in [0, 0.1) is 6.92 Å². The van der Waals surface area contributed by atoms with Gasteiger partial charge in [-0.05, 0) is 12.5 Å². The minimum Gasteiger partial charge on any atom is -0.468 e. The van der Waals surface area contributed by atoms with Crippen molar-refractivity contribution < 1.29 is 19.1 Å². The summed E-state index contributed by atoms with van der Waals surface area (Å²) in [5.41, 5.74) is 7.06. The number of hydrogen-bond donors (Lipinski definition) is 3. The quantitative estimate of drug-likeness (QED) is 0.638. The first-order valence-electron chi connectivity index (χ1n) is 7.90. The van der Waals surface area contributed by atoms with Gasteiger partial charge in [-0.25, -0.2) is 4.79 Å². The Morgan fingerprint density at radius 2 is 1.96 bits per heavy atom. The molecule has 26 heavy (non-hydrogen) atoms. The number of amides is 3. The van der Waals surface area contributed by atoms with E-state index >= 15 is 0 Å². The summed E-state index contributed by atoms with van der Waals surface area (Å²) in [6.45, 7) is 1.68. The molecule has 1 aromatic carbocycles. The number of benzene rings is 1. The molecular formula is C17H21N5O4. The number of carbonyl (C=O) groups is 3. The lowest BCUT2D eigenvalue weighted by atomic mass is 10.0. The Bertz CT molecular complexity index is 788. The maximum Gasteiger partial charge on any atom is 0.327 e. The topological polar surface area (TPSA) is 128 Å². The van der Waals surface area contributed by atoms with Gasteiger partial charge in [0.15, 0.2) is 0 Å². The lowest BCUT2D eigenvalue weighted by Crippen LogP contribution is -2.35. The van der Waals surface area contributed by atoms with Crippen LogP contribution in [0.1, 0.15) is 23.7 Å². The summed E-state index contributed by atoms with van der Waals surface area (Å²) in [4.78, 5) is 35.0. The maximum atomic E-state index is 12.4. The van der Waals surface area contributed by atoms with Crippen LogP contribution in [-0.4, -0.2) is 34.8 Å². The molecule has 2 rings (SSSR count). The van der Waals surface area contributed by atoms with Crippen LogP contribution in [0.3, 0.4) is 0 Å². The van der Waals surface area contributed by atoms with E-state index in [1.165, 1.54) is 18.0 Å². The number of hydrogen-bond acceptors (Lipinski definition) is 5. The predicted molar refractivity (Wildman–Crippen MR) is 94.1 cm³/mol. The standard InChI is InChI=1S/C17H21N5O4/c1-11-14(9-19-22(11)10-16(24)26-2)20-15(23)8-13(21-17(18)25)12-6-4-3-5-7-12/h3-7,9,13H,8,10H2,1-2H3,(H,20,23)(H3,18,21,25). The van der Waals surface area contributed by atoms with E-state index < -0.39 is 18.0 Å². The number of nitrogens with one attached hydrogen (secondary N) is 2. The number of nitrogens with two attached hydrogens (primary N) is 1. The van der Waals surface area contributed by atoms with Gasteiger partial charge in [0.2, 0.25) is 5.91 Å². The van der Waals surface area contributed by atoms with Crippen LogP contribution in [0.4, 0.5) is 10.5 Å². The molecule has 0 saturated carbocycles. The minimum atomic E-state index is -0.714. The molecule has 4 N–H and O–H groups in total. The van der Waals surface area contributed by atoms with Gasteiger partial charge in [0.25, 0.3) is 0 Å². The summed E-state index contributed by atoms with van der Waals surface area (Å²) in [7, 11) is 1.29. The third-order valence-electron chi connectivity index (χ3n) is 3.79. The van der Waals surface area contributed by atoms with E-state index in [1.54, 1.807) is 19.1 Å². The second-order valence-corrected chi connectivity index (χ2v) is 5.60. The van der Waals surface area contributed by atoms with E-state index in [1.807, 2.05) is 18.2 Å². The highest BCUT2D eigenvalue weighted by Crippen LogP contribution is 2.19. The van der Waals surface area contributed by atoms with Crippen molar-refractivity contribution in [3.8, 4) is 0 Å². The van der Waals surface area contributed by atoms with Crippen LogP contribution >= 0.6 is 0 Å². The fourth-order valence-electron chi connectivity index (χ4n) is 2.41. The van der Waals surface area contributed by atoms with E-state index in [2.05, 4.69) is 20.5 Å². The van der Waals surface area contributed by atoms with Gasteiger partial charge in [-0.2, -0.15) is 5.10 Å². The van der Waals surface area contributed by atoms with Crippen molar-refractivity contribution in [2.75, 3.05) is 12.4 Å². The third-order valence-corrected chi connectivity index (χ3v) is 3.79. The summed E-state index contributed by atoms with van der Waals surface area (Å²) >= 11 is 0. The van der Waals surface area contributed by atoms with Gasteiger partial charge in [-0.15, -0.1) is 0 Å².